The van der Waals surface area contributed by atoms with Crippen LogP contribution in [0.5, 0.6) is 0 Å². The van der Waals surface area contributed by atoms with E-state index in [9.17, 15) is 23.7 Å². The average Bonchev–Trinajstić information content (AvgIpc) is 2.24. The first kappa shape index (κ1) is 14.7. The highest BCUT2D eigenvalue weighted by Gasteiger charge is 2.44. The first-order chi connectivity index (χ1) is 7.76. The van der Waals surface area contributed by atoms with Gasteiger partial charge in [0.2, 0.25) is 0 Å². The van der Waals surface area contributed by atoms with Crippen molar-refractivity contribution in [3.05, 3.63) is 0 Å². The lowest BCUT2D eigenvalue weighted by molar-refractivity contribution is -0.293. The summed E-state index contributed by atoms with van der Waals surface area (Å²) in [5, 5.41) is 28.3. The van der Waals surface area contributed by atoms with Crippen LogP contribution in [0.25, 0.3) is 0 Å². The molecule has 0 aromatic carbocycles. The van der Waals surface area contributed by atoms with Gasteiger partial charge in [0.05, 0.1) is 6.61 Å². The van der Waals surface area contributed by atoms with Crippen molar-refractivity contribution in [1.82, 2.24) is 0 Å². The van der Waals surface area contributed by atoms with Crippen LogP contribution in [-0.4, -0.2) is 72.7 Å². The van der Waals surface area contributed by atoms with E-state index in [4.69, 9.17) is 9.29 Å². The molecule has 1 heterocycles. The maximum atomic E-state index is 10.3. The van der Waals surface area contributed by atoms with E-state index in [1.54, 1.807) is 0 Å². The molecule has 102 valence electrons. The Kier molecular flexibility index (Phi) is 4.80. The molecule has 1 saturated heterocycles. The number of hydrogen-bond acceptors (Lipinski definition) is 8. The number of methoxy groups -OCH3 is 1. The van der Waals surface area contributed by atoms with E-state index in [-0.39, 0.29) is 0 Å². The minimum atomic E-state index is -4.68. The summed E-state index contributed by atoms with van der Waals surface area (Å²) in [5.41, 5.74) is 0. The molecule has 1 fully saturated rings. The number of hydrogen-bond donors (Lipinski definition) is 4. The summed E-state index contributed by atoms with van der Waals surface area (Å²) < 4.78 is 42.6. The Bertz CT molecular complexity index is 339. The molecule has 9 nitrogen and oxygen atoms in total. The zero-order valence-electron chi connectivity index (χ0n) is 8.83. The van der Waals surface area contributed by atoms with Gasteiger partial charge in [-0.3, -0.25) is 4.55 Å². The fourth-order valence-electron chi connectivity index (χ4n) is 1.40. The van der Waals surface area contributed by atoms with Crippen LogP contribution in [0.3, 0.4) is 0 Å². The lowest BCUT2D eigenvalue weighted by Gasteiger charge is -2.39. The van der Waals surface area contributed by atoms with Crippen LogP contribution in [-0.2, 0) is 24.1 Å². The SMILES string of the molecule is CO[C@H]1O[C@H](COS(=O)(=O)O)[C@@H](O)[C@H](O)[C@@H]1O. The highest BCUT2D eigenvalue weighted by Crippen LogP contribution is 2.22. The van der Waals surface area contributed by atoms with E-state index in [1.807, 2.05) is 0 Å². The molecule has 0 aromatic heterocycles. The molecule has 10 heteroatoms. The first-order valence-electron chi connectivity index (χ1n) is 4.60. The summed E-state index contributed by atoms with van der Waals surface area (Å²) in [4.78, 5) is 0. The Morgan fingerprint density at radius 2 is 1.76 bits per heavy atom. The predicted octanol–water partition coefficient (Wildman–Crippen LogP) is -2.74. The van der Waals surface area contributed by atoms with E-state index in [0.29, 0.717) is 0 Å². The van der Waals surface area contributed by atoms with Crippen LogP contribution in [0.4, 0.5) is 0 Å². The zero-order chi connectivity index (χ0) is 13.2. The summed E-state index contributed by atoms with van der Waals surface area (Å²) >= 11 is 0. The van der Waals surface area contributed by atoms with Gasteiger partial charge in [-0.2, -0.15) is 8.42 Å². The van der Waals surface area contributed by atoms with Crippen molar-refractivity contribution in [2.75, 3.05) is 13.7 Å². The standard InChI is InChI=1S/C7H14O9S/c1-14-7-6(10)5(9)4(8)3(16-7)2-15-17(11,12)13/h3-10H,2H2,1H3,(H,11,12,13)/t3-,4-,5+,6+,7+/m1/s1. The van der Waals surface area contributed by atoms with Crippen LogP contribution in [0, 0.1) is 0 Å². The summed E-state index contributed by atoms with van der Waals surface area (Å²) in [6.07, 6.45) is -7.12. The highest BCUT2D eigenvalue weighted by molar-refractivity contribution is 7.80. The van der Waals surface area contributed by atoms with Crippen molar-refractivity contribution in [3.8, 4) is 0 Å². The van der Waals surface area contributed by atoms with Gasteiger partial charge in [-0.05, 0) is 0 Å². The second kappa shape index (κ2) is 5.54. The molecule has 17 heavy (non-hydrogen) atoms. The Morgan fingerprint density at radius 3 is 2.24 bits per heavy atom. The molecule has 1 aliphatic heterocycles. The van der Waals surface area contributed by atoms with Crippen LogP contribution in [0.15, 0.2) is 0 Å². The molecule has 0 aromatic rings. The molecule has 4 N–H and O–H groups in total. The molecule has 0 aliphatic carbocycles. The van der Waals surface area contributed by atoms with E-state index < -0.39 is 47.7 Å². The predicted molar refractivity (Wildman–Crippen MR) is 51.2 cm³/mol. The Labute approximate surface area is 97.5 Å². The number of rotatable bonds is 4. The third-order valence-corrected chi connectivity index (χ3v) is 2.72. The van der Waals surface area contributed by atoms with Gasteiger partial charge < -0.3 is 24.8 Å². The van der Waals surface area contributed by atoms with Crippen molar-refractivity contribution in [2.45, 2.75) is 30.7 Å². The maximum absolute atomic E-state index is 10.3. The Hall–Kier alpha value is -0.330. The van der Waals surface area contributed by atoms with Gasteiger partial charge in [-0.15, -0.1) is 0 Å². The fraction of sp³-hybridized carbons (Fsp3) is 1.00. The Balaban J connectivity index is 2.66. The first-order valence-corrected chi connectivity index (χ1v) is 5.97. The number of aliphatic hydroxyl groups excluding tert-OH is 3. The third-order valence-electron chi connectivity index (χ3n) is 2.28. The van der Waals surface area contributed by atoms with Crippen molar-refractivity contribution < 1.29 is 41.9 Å². The molecular formula is C7H14O9S. The molecule has 0 radical (unpaired) electrons. The van der Waals surface area contributed by atoms with Gasteiger partial charge in [-0.1, -0.05) is 0 Å². The monoisotopic (exact) mass is 274 g/mol. The minimum absolute atomic E-state index is 0.719. The van der Waals surface area contributed by atoms with Gasteiger partial charge in [-0.25, -0.2) is 4.18 Å². The van der Waals surface area contributed by atoms with Crippen LogP contribution in [0.1, 0.15) is 0 Å². The molecule has 0 saturated carbocycles. The molecular weight excluding hydrogens is 260 g/mol. The lowest BCUT2D eigenvalue weighted by atomic mass is 9.99. The van der Waals surface area contributed by atoms with Crippen LogP contribution >= 0.6 is 0 Å². The average molecular weight is 274 g/mol. The highest BCUT2D eigenvalue weighted by atomic mass is 32.3. The molecule has 0 amide bonds. The molecule has 1 aliphatic rings. The van der Waals surface area contributed by atoms with Crippen molar-refractivity contribution in [3.63, 3.8) is 0 Å². The summed E-state index contributed by atoms with van der Waals surface area (Å²) in [7, 11) is -3.48. The van der Waals surface area contributed by atoms with E-state index >= 15 is 0 Å². The van der Waals surface area contributed by atoms with Crippen molar-refractivity contribution >= 4 is 10.4 Å². The largest absolute Gasteiger partial charge is 0.397 e. The molecule has 0 unspecified atom stereocenters. The second-order valence-electron chi connectivity index (χ2n) is 3.46. The van der Waals surface area contributed by atoms with Crippen molar-refractivity contribution in [2.24, 2.45) is 0 Å². The fourth-order valence-corrected chi connectivity index (χ4v) is 1.71. The smallest absolute Gasteiger partial charge is 0.387 e. The van der Waals surface area contributed by atoms with E-state index in [0.717, 1.165) is 0 Å². The second-order valence-corrected chi connectivity index (χ2v) is 4.55. The van der Waals surface area contributed by atoms with Gasteiger partial charge >= 0.3 is 10.4 Å². The van der Waals surface area contributed by atoms with Gasteiger partial charge in [0, 0.05) is 7.11 Å². The molecule has 5 atom stereocenters. The van der Waals surface area contributed by atoms with Gasteiger partial charge in [0.1, 0.15) is 24.4 Å². The summed E-state index contributed by atoms with van der Waals surface area (Å²) in [5.74, 6) is 0. The quantitative estimate of drug-likeness (QED) is 0.401. The van der Waals surface area contributed by atoms with Gasteiger partial charge in [0.15, 0.2) is 6.29 Å². The molecule has 1 rings (SSSR count). The van der Waals surface area contributed by atoms with Crippen LogP contribution in [0.2, 0.25) is 0 Å². The Morgan fingerprint density at radius 1 is 1.18 bits per heavy atom. The van der Waals surface area contributed by atoms with Crippen molar-refractivity contribution in [1.29, 1.82) is 0 Å². The third kappa shape index (κ3) is 3.82. The minimum Gasteiger partial charge on any atom is -0.387 e. The van der Waals surface area contributed by atoms with E-state index in [1.165, 1.54) is 7.11 Å². The molecule has 0 bridgehead atoms. The van der Waals surface area contributed by atoms with Gasteiger partial charge in [0.25, 0.3) is 0 Å². The normalized spacial score (nSPS) is 39.2. The van der Waals surface area contributed by atoms with E-state index in [2.05, 4.69) is 8.92 Å². The van der Waals surface area contributed by atoms with Crippen LogP contribution < -0.4 is 0 Å². The number of ether oxygens (including phenoxy) is 2. The maximum Gasteiger partial charge on any atom is 0.397 e. The lowest BCUT2D eigenvalue weighted by Crippen LogP contribution is -2.59. The summed E-state index contributed by atoms with van der Waals surface area (Å²) in [6, 6.07) is 0. The molecule has 0 spiro atoms. The zero-order valence-corrected chi connectivity index (χ0v) is 9.65. The topological polar surface area (TPSA) is 143 Å². The summed E-state index contributed by atoms with van der Waals surface area (Å²) in [6.45, 7) is -0.719. The number of aliphatic hydroxyl groups is 3.